The molecule has 33 nitrogen and oxygen atoms in total. The highest BCUT2D eigenvalue weighted by atomic mass is 32.1. The normalized spacial score (nSPS) is 30.9. The molecule has 4 aliphatic heterocycles. The highest BCUT2D eigenvalue weighted by Crippen LogP contribution is 2.33. The lowest BCUT2D eigenvalue weighted by molar-refractivity contribution is -0.0542. The zero-order chi connectivity index (χ0) is 55.8. The second-order valence-electron chi connectivity index (χ2n) is 17.6. The van der Waals surface area contributed by atoms with Crippen LogP contribution in [0.2, 0.25) is 0 Å². The third-order valence-corrected chi connectivity index (χ3v) is 13.3. The minimum Gasteiger partial charge on any atom is -0.394 e. The van der Waals surface area contributed by atoms with E-state index in [1.54, 1.807) is 14.0 Å². The van der Waals surface area contributed by atoms with Gasteiger partial charge in [0.2, 0.25) is 10.7 Å². The van der Waals surface area contributed by atoms with Crippen molar-refractivity contribution in [2.45, 2.75) is 105 Å². The van der Waals surface area contributed by atoms with Crippen LogP contribution < -0.4 is 28.1 Å². The molecule has 17 N–H and O–H groups in total. The first-order valence-corrected chi connectivity index (χ1v) is 23.5. The molecule has 0 bridgehead atoms. The number of anilines is 2. The topological polar surface area (TPSA) is 493 Å². The summed E-state index contributed by atoms with van der Waals surface area (Å²) in [6.07, 6.45) is -10.1. The van der Waals surface area contributed by atoms with Crippen LogP contribution in [0, 0.1) is 16.5 Å². The van der Waals surface area contributed by atoms with Crippen molar-refractivity contribution < 1.29 is 80.2 Å². The number of nitrogens with zero attached hydrogens (tertiary/aromatic N) is 11. The molecule has 6 aromatic heterocycles. The molecular weight excluding hydrogens is 1060 g/mol. The van der Waals surface area contributed by atoms with E-state index in [0.717, 1.165) is 4.57 Å². The number of imidazole rings is 2. The maximum Gasteiger partial charge on any atom is 0.282 e. The van der Waals surface area contributed by atoms with Gasteiger partial charge in [0.15, 0.2) is 52.0 Å². The number of ether oxygens (including phenoxy) is 4. The minimum absolute atomic E-state index is 0.0130. The van der Waals surface area contributed by atoms with Gasteiger partial charge < -0.3 is 96.3 Å². The second-order valence-corrected chi connectivity index (χ2v) is 18.3. The van der Waals surface area contributed by atoms with E-state index in [1.807, 2.05) is 0 Å². The Morgan fingerprint density at radius 2 is 1.00 bits per heavy atom. The number of rotatable bonds is 8. The van der Waals surface area contributed by atoms with Gasteiger partial charge >= 0.3 is 0 Å². The van der Waals surface area contributed by atoms with E-state index < -0.39 is 124 Å². The SMILES string of the molecule is Cc1cn([C@@H]2O[C@H](CO)[C@@H](O)[C@H]2O)c(=S)[nH]c1=O.Cn1c(N)nc2c(ncn2[C@@H]2O[C@H](CO)[C@@H](O)[C@H]2O)c1=O.Cn1cnc2c(ncn2[C@@H]2O[C@H](CO)[C@@H](O)[C@H]2O)c1=O.Nc1ccn([C@@H]2O[C@H](CO)[C@@H](O)[C@H]2O)c(=S)n1. The maximum absolute atomic E-state index is 12.0. The summed E-state index contributed by atoms with van der Waals surface area (Å²) in [4.78, 5) is 57.6. The van der Waals surface area contributed by atoms with Gasteiger partial charge in [-0.25, -0.2) is 19.9 Å². The lowest BCUT2D eigenvalue weighted by atomic mass is 10.1. The molecule has 4 fully saturated rings. The number of hydrogen-bond donors (Lipinski definition) is 15. The summed E-state index contributed by atoms with van der Waals surface area (Å²) in [5.41, 5.74) is 11.1. The molecule has 6 aromatic rings. The van der Waals surface area contributed by atoms with Crippen molar-refractivity contribution in [2.24, 2.45) is 14.1 Å². The van der Waals surface area contributed by atoms with Crippen molar-refractivity contribution in [2.75, 3.05) is 37.9 Å². The number of aromatic nitrogens is 12. The molecular formula is C41H56N14O19S2. The number of H-pyrrole nitrogens is 1. The van der Waals surface area contributed by atoms with Crippen LogP contribution in [-0.4, -0.2) is 218 Å². The summed E-state index contributed by atoms with van der Waals surface area (Å²) < 4.78 is 29.5. The van der Waals surface area contributed by atoms with Crippen LogP contribution in [0.15, 0.2) is 51.8 Å². The Morgan fingerprint density at radius 1 is 0.579 bits per heavy atom. The Kier molecular flexibility index (Phi) is 18.0. The van der Waals surface area contributed by atoms with Gasteiger partial charge in [0.1, 0.15) is 79.1 Å². The predicted octanol–water partition coefficient (Wildman–Crippen LogP) is -7.30. The lowest BCUT2D eigenvalue weighted by Gasteiger charge is -2.18. The van der Waals surface area contributed by atoms with Gasteiger partial charge in [-0.3, -0.25) is 42.2 Å². The first kappa shape index (κ1) is 57.8. The van der Waals surface area contributed by atoms with Crippen molar-refractivity contribution in [1.29, 1.82) is 0 Å². The van der Waals surface area contributed by atoms with Crippen LogP contribution in [0.3, 0.4) is 0 Å². The van der Waals surface area contributed by atoms with Crippen LogP contribution >= 0.6 is 24.4 Å². The van der Waals surface area contributed by atoms with Crippen LogP contribution in [0.1, 0.15) is 30.5 Å². The molecule has 0 amide bonds. The number of nitrogens with one attached hydrogen (secondary N) is 1. The summed E-state index contributed by atoms with van der Waals surface area (Å²) in [6.45, 7) is -0.0739. The molecule has 0 aliphatic carbocycles. The summed E-state index contributed by atoms with van der Waals surface area (Å²) in [6, 6.07) is 1.50. The van der Waals surface area contributed by atoms with Gasteiger partial charge in [-0.2, -0.15) is 4.98 Å². The third kappa shape index (κ3) is 11.1. The number of nitrogen functional groups attached to an aromatic ring is 2. The van der Waals surface area contributed by atoms with Crippen LogP contribution in [-0.2, 0) is 33.0 Å². The van der Waals surface area contributed by atoms with Gasteiger partial charge in [0.05, 0.1) is 45.4 Å². The van der Waals surface area contributed by atoms with Crippen LogP contribution in [0.25, 0.3) is 22.3 Å². The molecule has 0 saturated carbocycles. The first-order valence-electron chi connectivity index (χ1n) is 22.7. The molecule has 35 heteroatoms. The average molecular weight is 1110 g/mol. The molecule has 10 rings (SSSR count). The monoisotopic (exact) mass is 1110 g/mol. The maximum atomic E-state index is 12.0. The van der Waals surface area contributed by atoms with E-state index in [1.165, 1.54) is 67.3 Å². The number of nitrogens with two attached hydrogens (primary N) is 2. The molecule has 16 atom stereocenters. The largest absolute Gasteiger partial charge is 0.394 e. The van der Waals surface area contributed by atoms with Crippen molar-refractivity contribution in [3.63, 3.8) is 0 Å². The molecule has 76 heavy (non-hydrogen) atoms. The minimum atomic E-state index is -1.29. The zero-order valence-electron chi connectivity index (χ0n) is 40.1. The van der Waals surface area contributed by atoms with Gasteiger partial charge in [0, 0.05) is 32.1 Å². The Labute approximate surface area is 435 Å². The Hall–Kier alpha value is -5.94. The second kappa shape index (κ2) is 23.7. The van der Waals surface area contributed by atoms with E-state index >= 15 is 0 Å². The van der Waals surface area contributed by atoms with Crippen LogP contribution in [0.5, 0.6) is 0 Å². The highest BCUT2D eigenvalue weighted by Gasteiger charge is 2.47. The third-order valence-electron chi connectivity index (χ3n) is 12.6. The molecule has 4 aliphatic rings. The number of aryl methyl sites for hydroxylation is 2. The van der Waals surface area contributed by atoms with Crippen molar-refractivity contribution in [1.82, 2.24) is 57.3 Å². The Bertz CT molecular complexity index is 3310. The molecule has 0 spiro atoms. The number of aliphatic hydroxyl groups excluding tert-OH is 12. The van der Waals surface area contributed by atoms with Crippen LogP contribution in [0.4, 0.5) is 11.8 Å². The van der Waals surface area contributed by atoms with Gasteiger partial charge in [-0.1, -0.05) is 0 Å². The summed E-state index contributed by atoms with van der Waals surface area (Å²) in [5.74, 6) is 0.249. The van der Waals surface area contributed by atoms with Gasteiger partial charge in [-0.05, 0) is 37.4 Å². The zero-order valence-corrected chi connectivity index (χ0v) is 41.8. The lowest BCUT2D eigenvalue weighted by Crippen LogP contribution is -2.33. The van der Waals surface area contributed by atoms with E-state index in [0.29, 0.717) is 5.56 Å². The Morgan fingerprint density at radius 3 is 1.43 bits per heavy atom. The standard InChI is InChI=1S/C11H15N5O5.C11H14N4O5.C10H14N2O5S.C9H13N3O4S/c1-15-9(20)5-8(14-11(15)12)16(3-13-5)10-7(19)6(18)4(2-17)21-10;1-14-3-13-9-6(10(14)19)12-4-15(9)11-8(18)7(17)5(2-16)20-11;1-4-2-12(10(18)11-8(4)16)9-7(15)6(14)5(3-13)17-9;10-5-1-2-12(9(17)11-5)8-7(15)6(14)4(3-13)16-8/h3-4,6-7,10,17-19H,2H2,1H3,(H2,12,14);3-5,7-8,11,16-18H,2H2,1H3;2,5-7,9,13-15H,3H2,1H3,(H,11,16,18);1-2,4,6-8,13-15H,3H2,(H2,10,11,17)/t4-,6-,7-,10-;5-,7-,8-,11-;5-,6-,7-,9-;4-,6-,7-,8-/m1111/s1. The van der Waals surface area contributed by atoms with E-state index in [9.17, 15) is 55.2 Å². The summed E-state index contributed by atoms with van der Waals surface area (Å²) in [5, 5.41) is 115. The average Bonchev–Trinajstić information content (AvgIpc) is 4.25. The van der Waals surface area contributed by atoms with Gasteiger partial charge in [-0.15, -0.1) is 0 Å². The summed E-state index contributed by atoms with van der Waals surface area (Å²) >= 11 is 9.95. The highest BCUT2D eigenvalue weighted by molar-refractivity contribution is 7.71. The number of aliphatic hydroxyl groups is 12. The van der Waals surface area contributed by atoms with E-state index in [2.05, 4.69) is 29.9 Å². The Balaban J connectivity index is 0.000000148. The molecule has 0 aromatic carbocycles. The van der Waals surface area contributed by atoms with E-state index in [4.69, 9.17) is 75.3 Å². The summed E-state index contributed by atoms with van der Waals surface area (Å²) in [7, 11) is 3.02. The fraction of sp³-hybridized carbons (Fsp3) is 0.561. The number of hydrogen-bond acceptors (Lipinski definition) is 28. The molecule has 416 valence electrons. The fourth-order valence-corrected chi connectivity index (χ4v) is 8.78. The molecule has 10 heterocycles. The fourth-order valence-electron chi connectivity index (χ4n) is 8.26. The van der Waals surface area contributed by atoms with Crippen molar-refractivity contribution >= 4 is 58.5 Å². The first-order chi connectivity index (χ1) is 36.0. The van der Waals surface area contributed by atoms with Crippen molar-refractivity contribution in [3.05, 3.63) is 83.6 Å². The molecule has 0 radical (unpaired) electrons. The quantitative estimate of drug-likeness (QED) is 0.0630. The van der Waals surface area contributed by atoms with Gasteiger partial charge in [0.25, 0.3) is 16.7 Å². The predicted molar refractivity (Wildman–Crippen MR) is 260 cm³/mol. The number of fused-ring (bicyclic) bond motifs is 2. The van der Waals surface area contributed by atoms with Crippen molar-refractivity contribution in [3.8, 4) is 0 Å². The van der Waals surface area contributed by atoms with E-state index in [-0.39, 0.29) is 61.4 Å². The number of aromatic amines is 1. The smallest absolute Gasteiger partial charge is 0.282 e. The molecule has 4 saturated heterocycles. The molecule has 0 unspecified atom stereocenters.